The van der Waals surface area contributed by atoms with E-state index in [1.165, 1.54) is 29.5 Å². The highest BCUT2D eigenvalue weighted by Gasteiger charge is 2.13. The number of rotatable bonds is 5. The van der Waals surface area contributed by atoms with E-state index in [0.29, 0.717) is 6.54 Å². The molecule has 150 valence electrons. The molecule has 0 saturated carbocycles. The van der Waals surface area contributed by atoms with Crippen LogP contribution >= 0.6 is 11.3 Å². The fourth-order valence-electron chi connectivity index (χ4n) is 3.26. The van der Waals surface area contributed by atoms with Crippen LogP contribution < -0.4 is 5.56 Å². The van der Waals surface area contributed by atoms with E-state index in [-0.39, 0.29) is 16.9 Å². The first-order valence-electron chi connectivity index (χ1n) is 9.21. The van der Waals surface area contributed by atoms with Gasteiger partial charge in [-0.2, -0.15) is 0 Å². The van der Waals surface area contributed by atoms with Gasteiger partial charge in [-0.1, -0.05) is 30.3 Å². The maximum atomic E-state index is 12.0. The predicted octanol–water partition coefficient (Wildman–Crippen LogP) is 4.40. The van der Waals surface area contributed by atoms with Crippen LogP contribution in [-0.2, 0) is 6.54 Å². The van der Waals surface area contributed by atoms with Gasteiger partial charge in [0.15, 0.2) is 0 Å². The summed E-state index contributed by atoms with van der Waals surface area (Å²) in [6.07, 6.45) is 1.74. The monoisotopic (exact) mass is 418 g/mol. The van der Waals surface area contributed by atoms with Crippen molar-refractivity contribution in [3.05, 3.63) is 93.5 Å². The molecule has 4 aromatic rings. The number of carboxylic acid groups (broad SMARTS) is 1. The van der Waals surface area contributed by atoms with Gasteiger partial charge in [0.25, 0.3) is 5.56 Å². The number of nitrogens with zero attached hydrogens (tertiary/aromatic N) is 2. The van der Waals surface area contributed by atoms with Gasteiger partial charge in [-0.3, -0.25) is 4.79 Å². The first-order chi connectivity index (χ1) is 14.4. The summed E-state index contributed by atoms with van der Waals surface area (Å²) in [6, 6.07) is 17.4. The summed E-state index contributed by atoms with van der Waals surface area (Å²) in [5.41, 5.74) is 3.22. The van der Waals surface area contributed by atoms with Crippen LogP contribution in [0.1, 0.15) is 21.1 Å². The number of carboxylic acids is 1. The molecule has 0 aliphatic carbocycles. The molecule has 2 aromatic carbocycles. The predicted molar refractivity (Wildman–Crippen MR) is 116 cm³/mol. The van der Waals surface area contributed by atoms with E-state index < -0.39 is 5.97 Å². The minimum absolute atomic E-state index is 0.0708. The maximum Gasteiger partial charge on any atom is 0.339 e. The van der Waals surface area contributed by atoms with Gasteiger partial charge in [-0.25, -0.2) is 9.78 Å². The molecule has 0 aliphatic heterocycles. The van der Waals surface area contributed by atoms with Gasteiger partial charge in [-0.05, 0) is 47.9 Å². The lowest BCUT2D eigenvalue weighted by Gasteiger charge is -2.07. The Hall–Kier alpha value is -3.71. The Bertz CT molecular complexity index is 1310. The lowest BCUT2D eigenvalue weighted by atomic mass is 10.0. The van der Waals surface area contributed by atoms with Crippen LogP contribution in [0.15, 0.2) is 71.7 Å². The normalized spacial score (nSPS) is 10.8. The average Bonchev–Trinajstić information content (AvgIpc) is 3.09. The standard InChI is InChI=1S/C23H18N2O4S/c1-14-22(30-20(24-14)13-25-10-3-2-7-21(25)27)17-6-4-5-15(11-17)16-8-9-18(23(28)29)19(26)12-16/h2-12,26H,13H2,1H3,(H,28,29). The van der Waals surface area contributed by atoms with E-state index in [2.05, 4.69) is 4.98 Å². The third-order valence-electron chi connectivity index (χ3n) is 4.73. The van der Waals surface area contributed by atoms with E-state index in [1.807, 2.05) is 37.3 Å². The molecule has 30 heavy (non-hydrogen) atoms. The Kier molecular flexibility index (Phi) is 5.20. The number of benzene rings is 2. The van der Waals surface area contributed by atoms with Crippen LogP contribution in [0.5, 0.6) is 5.75 Å². The van der Waals surface area contributed by atoms with Crippen molar-refractivity contribution >= 4 is 17.3 Å². The van der Waals surface area contributed by atoms with Crippen molar-refractivity contribution in [1.82, 2.24) is 9.55 Å². The Morgan fingerprint density at radius 2 is 1.80 bits per heavy atom. The summed E-state index contributed by atoms with van der Waals surface area (Å²) in [5, 5.41) is 19.9. The van der Waals surface area contributed by atoms with E-state index in [1.54, 1.807) is 22.9 Å². The van der Waals surface area contributed by atoms with Gasteiger partial charge >= 0.3 is 5.97 Å². The van der Waals surface area contributed by atoms with Gasteiger partial charge < -0.3 is 14.8 Å². The molecule has 0 atom stereocenters. The lowest BCUT2D eigenvalue weighted by Crippen LogP contribution is -2.18. The molecule has 0 radical (unpaired) electrons. The number of aryl methyl sites for hydroxylation is 1. The highest BCUT2D eigenvalue weighted by Crippen LogP contribution is 2.34. The van der Waals surface area contributed by atoms with E-state index in [4.69, 9.17) is 5.11 Å². The molecule has 0 fully saturated rings. The second-order valence-electron chi connectivity index (χ2n) is 6.81. The molecule has 0 spiro atoms. The topological polar surface area (TPSA) is 92.4 Å². The molecule has 2 aromatic heterocycles. The molecule has 2 heterocycles. The molecule has 7 heteroatoms. The lowest BCUT2D eigenvalue weighted by molar-refractivity contribution is 0.0694. The molecule has 0 bridgehead atoms. The zero-order valence-corrected chi connectivity index (χ0v) is 16.9. The summed E-state index contributed by atoms with van der Waals surface area (Å²) in [7, 11) is 0. The molecule has 2 N–H and O–H groups in total. The van der Waals surface area contributed by atoms with Gasteiger partial charge in [-0.15, -0.1) is 11.3 Å². The highest BCUT2D eigenvalue weighted by atomic mass is 32.1. The number of pyridine rings is 1. The third kappa shape index (κ3) is 3.88. The maximum absolute atomic E-state index is 12.0. The van der Waals surface area contributed by atoms with Crippen LogP contribution in [0.4, 0.5) is 0 Å². The largest absolute Gasteiger partial charge is 0.507 e. The van der Waals surface area contributed by atoms with Crippen molar-refractivity contribution in [2.24, 2.45) is 0 Å². The Morgan fingerprint density at radius 3 is 2.53 bits per heavy atom. The number of hydrogen-bond acceptors (Lipinski definition) is 5. The molecule has 0 saturated heterocycles. The molecule has 6 nitrogen and oxygen atoms in total. The first-order valence-corrected chi connectivity index (χ1v) is 10.0. The summed E-state index contributed by atoms with van der Waals surface area (Å²) in [4.78, 5) is 28.7. The van der Waals surface area contributed by atoms with Crippen molar-refractivity contribution < 1.29 is 15.0 Å². The fourth-order valence-corrected chi connectivity index (χ4v) is 4.32. The van der Waals surface area contributed by atoms with Crippen molar-refractivity contribution in [2.45, 2.75) is 13.5 Å². The van der Waals surface area contributed by atoms with Crippen LogP contribution in [0.3, 0.4) is 0 Å². The number of hydrogen-bond donors (Lipinski definition) is 2. The van der Waals surface area contributed by atoms with Gasteiger partial charge in [0, 0.05) is 12.3 Å². The SMILES string of the molecule is Cc1nc(Cn2ccccc2=O)sc1-c1cccc(-c2ccc(C(=O)O)c(O)c2)c1. The van der Waals surface area contributed by atoms with E-state index in [0.717, 1.165) is 32.3 Å². The molecular weight excluding hydrogens is 400 g/mol. The van der Waals surface area contributed by atoms with E-state index in [9.17, 15) is 14.7 Å². The average molecular weight is 418 g/mol. The van der Waals surface area contributed by atoms with Gasteiger partial charge in [0.1, 0.15) is 16.3 Å². The molecule has 0 amide bonds. The van der Waals surface area contributed by atoms with E-state index >= 15 is 0 Å². The minimum atomic E-state index is -1.17. The molecular formula is C23H18N2O4S. The Morgan fingerprint density at radius 1 is 1.03 bits per heavy atom. The van der Waals surface area contributed by atoms with Crippen LogP contribution in [0.2, 0.25) is 0 Å². The zero-order chi connectivity index (χ0) is 21.3. The molecule has 0 unspecified atom stereocenters. The van der Waals surface area contributed by atoms with Crippen LogP contribution in [-0.4, -0.2) is 25.7 Å². The molecule has 0 aliphatic rings. The second kappa shape index (κ2) is 7.96. The first kappa shape index (κ1) is 19.6. The number of carbonyl (C=O) groups is 1. The van der Waals surface area contributed by atoms with Crippen molar-refractivity contribution in [3.8, 4) is 27.3 Å². The quantitative estimate of drug-likeness (QED) is 0.501. The summed E-state index contributed by atoms with van der Waals surface area (Å²) >= 11 is 1.53. The van der Waals surface area contributed by atoms with Gasteiger partial charge in [0.2, 0.25) is 0 Å². The van der Waals surface area contributed by atoms with Crippen molar-refractivity contribution in [2.75, 3.05) is 0 Å². The summed E-state index contributed by atoms with van der Waals surface area (Å²) in [5.74, 6) is -1.44. The smallest absolute Gasteiger partial charge is 0.339 e. The summed E-state index contributed by atoms with van der Waals surface area (Å²) < 4.78 is 1.62. The zero-order valence-electron chi connectivity index (χ0n) is 16.1. The minimum Gasteiger partial charge on any atom is -0.507 e. The second-order valence-corrected chi connectivity index (χ2v) is 7.89. The van der Waals surface area contributed by atoms with Crippen molar-refractivity contribution in [1.29, 1.82) is 0 Å². The number of aromatic carboxylic acids is 1. The highest BCUT2D eigenvalue weighted by molar-refractivity contribution is 7.15. The Labute approximate surface area is 176 Å². The number of aromatic hydroxyl groups is 1. The number of aromatic nitrogens is 2. The van der Waals surface area contributed by atoms with Crippen molar-refractivity contribution in [3.63, 3.8) is 0 Å². The fraction of sp³-hybridized carbons (Fsp3) is 0.0870. The number of phenols is 1. The summed E-state index contributed by atoms with van der Waals surface area (Å²) in [6.45, 7) is 2.35. The number of thiazole rings is 1. The molecule has 4 rings (SSSR count). The van der Waals surface area contributed by atoms with Crippen LogP contribution in [0.25, 0.3) is 21.6 Å². The third-order valence-corrected chi connectivity index (χ3v) is 5.92. The van der Waals surface area contributed by atoms with Gasteiger partial charge in [0.05, 0.1) is 17.1 Å². The Balaban J connectivity index is 1.67. The van der Waals surface area contributed by atoms with Crippen LogP contribution in [0, 0.1) is 6.92 Å².